The standard InChI is InChI=1S/C7H5Br2NO2/c8-4-1-3(7(11)12)2-5(9)6(4)10/h1-2H,10H2,(H,11,12)/p-1. The van der Waals surface area contributed by atoms with Crippen LogP contribution in [0.5, 0.6) is 0 Å². The predicted molar refractivity (Wildman–Crippen MR) is 50.6 cm³/mol. The van der Waals surface area contributed by atoms with E-state index in [1.165, 1.54) is 12.1 Å². The lowest BCUT2D eigenvalue weighted by atomic mass is 10.2. The van der Waals surface area contributed by atoms with Crippen molar-refractivity contribution in [1.82, 2.24) is 0 Å². The Hall–Kier alpha value is -0.550. The van der Waals surface area contributed by atoms with Gasteiger partial charge in [-0.3, -0.25) is 0 Å². The van der Waals surface area contributed by atoms with Crippen molar-refractivity contribution >= 4 is 43.5 Å². The molecule has 64 valence electrons. The van der Waals surface area contributed by atoms with Gasteiger partial charge in [-0.1, -0.05) is 0 Å². The SMILES string of the molecule is Nc1c(Br)cc(C(=O)[O-])cc1Br. The fraction of sp³-hybridized carbons (Fsp3) is 0. The number of hydrogen-bond acceptors (Lipinski definition) is 3. The summed E-state index contributed by atoms with van der Waals surface area (Å²) in [5, 5.41) is 10.4. The van der Waals surface area contributed by atoms with E-state index in [2.05, 4.69) is 31.9 Å². The van der Waals surface area contributed by atoms with Crippen molar-refractivity contribution in [3.8, 4) is 0 Å². The van der Waals surface area contributed by atoms with Crippen LogP contribution in [0.15, 0.2) is 21.1 Å². The summed E-state index contributed by atoms with van der Waals surface area (Å²) < 4.78 is 1.08. The number of halogens is 2. The van der Waals surface area contributed by atoms with E-state index in [0.717, 1.165) is 0 Å². The van der Waals surface area contributed by atoms with Gasteiger partial charge in [0.1, 0.15) is 0 Å². The number of anilines is 1. The van der Waals surface area contributed by atoms with Crippen molar-refractivity contribution in [2.75, 3.05) is 5.73 Å². The van der Waals surface area contributed by atoms with Crippen LogP contribution < -0.4 is 10.8 Å². The fourth-order valence-corrected chi connectivity index (χ4v) is 1.89. The Bertz CT molecular complexity index is 315. The van der Waals surface area contributed by atoms with Gasteiger partial charge in [-0.05, 0) is 49.6 Å². The molecule has 0 aliphatic rings. The maximum absolute atomic E-state index is 10.4. The molecule has 0 aliphatic carbocycles. The lowest BCUT2D eigenvalue weighted by molar-refractivity contribution is -0.255. The quantitative estimate of drug-likeness (QED) is 0.790. The summed E-state index contributed by atoms with van der Waals surface area (Å²) in [7, 11) is 0. The van der Waals surface area contributed by atoms with Crippen molar-refractivity contribution in [3.63, 3.8) is 0 Å². The minimum Gasteiger partial charge on any atom is -0.545 e. The van der Waals surface area contributed by atoms with Crippen molar-refractivity contribution in [2.24, 2.45) is 0 Å². The summed E-state index contributed by atoms with van der Waals surface area (Å²) in [4.78, 5) is 10.4. The molecule has 12 heavy (non-hydrogen) atoms. The van der Waals surface area contributed by atoms with Crippen LogP contribution in [0.4, 0.5) is 5.69 Å². The van der Waals surface area contributed by atoms with Crippen molar-refractivity contribution in [3.05, 3.63) is 26.6 Å². The van der Waals surface area contributed by atoms with Gasteiger partial charge in [-0.2, -0.15) is 0 Å². The molecule has 0 atom stereocenters. The fourth-order valence-electron chi connectivity index (χ4n) is 0.702. The third kappa shape index (κ3) is 1.78. The lowest BCUT2D eigenvalue weighted by Crippen LogP contribution is -2.22. The molecule has 0 aromatic heterocycles. The van der Waals surface area contributed by atoms with Crippen LogP contribution in [0.25, 0.3) is 0 Å². The number of hydrogen-bond donors (Lipinski definition) is 1. The van der Waals surface area contributed by atoms with E-state index in [1.807, 2.05) is 0 Å². The van der Waals surface area contributed by atoms with E-state index in [9.17, 15) is 9.90 Å². The number of carboxylic acid groups (broad SMARTS) is 1. The summed E-state index contributed by atoms with van der Waals surface area (Å²) in [6.45, 7) is 0. The minimum atomic E-state index is -1.23. The normalized spacial score (nSPS) is 9.83. The first-order valence-electron chi connectivity index (χ1n) is 2.98. The largest absolute Gasteiger partial charge is 0.545 e. The highest BCUT2D eigenvalue weighted by Gasteiger charge is 2.03. The first kappa shape index (κ1) is 9.54. The molecule has 0 saturated heterocycles. The summed E-state index contributed by atoms with van der Waals surface area (Å²) in [5.74, 6) is -1.23. The van der Waals surface area contributed by atoms with Gasteiger partial charge < -0.3 is 15.6 Å². The van der Waals surface area contributed by atoms with Gasteiger partial charge in [0.15, 0.2) is 0 Å². The summed E-state index contributed by atoms with van der Waals surface area (Å²) in [6, 6.07) is 2.80. The molecule has 0 bridgehead atoms. The zero-order chi connectivity index (χ0) is 9.30. The van der Waals surface area contributed by atoms with E-state index < -0.39 is 5.97 Å². The zero-order valence-electron chi connectivity index (χ0n) is 5.80. The zero-order valence-corrected chi connectivity index (χ0v) is 8.98. The highest BCUT2D eigenvalue weighted by Crippen LogP contribution is 2.29. The molecule has 0 saturated carbocycles. The molecule has 5 heteroatoms. The molecule has 0 unspecified atom stereocenters. The van der Waals surface area contributed by atoms with Gasteiger partial charge in [0.2, 0.25) is 0 Å². The molecule has 0 radical (unpaired) electrons. The number of carbonyl (C=O) groups excluding carboxylic acids is 1. The molecule has 1 aromatic rings. The van der Waals surface area contributed by atoms with Crippen LogP contribution >= 0.6 is 31.9 Å². The average Bonchev–Trinajstić information content (AvgIpc) is 1.99. The summed E-state index contributed by atoms with van der Waals surface area (Å²) in [5.41, 5.74) is 6.10. The van der Waals surface area contributed by atoms with E-state index in [0.29, 0.717) is 14.6 Å². The van der Waals surface area contributed by atoms with Crippen LogP contribution in [-0.4, -0.2) is 5.97 Å². The van der Waals surface area contributed by atoms with Crippen molar-refractivity contribution in [2.45, 2.75) is 0 Å². The predicted octanol–water partition coefficient (Wildman–Crippen LogP) is 1.16. The molecular weight excluding hydrogens is 290 g/mol. The Kier molecular flexibility index (Phi) is 2.74. The van der Waals surface area contributed by atoms with E-state index in [-0.39, 0.29) is 5.56 Å². The number of aromatic carboxylic acids is 1. The van der Waals surface area contributed by atoms with Crippen molar-refractivity contribution < 1.29 is 9.90 Å². The Labute approximate surface area is 85.8 Å². The number of carbonyl (C=O) groups is 1. The molecule has 0 spiro atoms. The monoisotopic (exact) mass is 292 g/mol. The summed E-state index contributed by atoms with van der Waals surface area (Å²) in [6.07, 6.45) is 0. The molecule has 0 heterocycles. The van der Waals surface area contributed by atoms with Gasteiger partial charge in [-0.25, -0.2) is 0 Å². The third-order valence-corrected chi connectivity index (χ3v) is 2.63. The third-order valence-electron chi connectivity index (χ3n) is 1.31. The average molecular weight is 294 g/mol. The highest BCUT2D eigenvalue weighted by atomic mass is 79.9. The van der Waals surface area contributed by atoms with E-state index in [4.69, 9.17) is 5.73 Å². The molecule has 0 amide bonds. The molecule has 2 N–H and O–H groups in total. The van der Waals surface area contributed by atoms with Crippen LogP contribution in [0.3, 0.4) is 0 Å². The maximum atomic E-state index is 10.4. The van der Waals surface area contributed by atoms with Gasteiger partial charge in [0.25, 0.3) is 0 Å². The molecule has 0 fully saturated rings. The number of carboxylic acids is 1. The number of nitrogens with two attached hydrogens (primary N) is 1. The highest BCUT2D eigenvalue weighted by molar-refractivity contribution is 9.11. The van der Waals surface area contributed by atoms with Crippen LogP contribution in [-0.2, 0) is 0 Å². The first-order valence-corrected chi connectivity index (χ1v) is 4.57. The number of nitrogen functional groups attached to an aromatic ring is 1. The lowest BCUT2D eigenvalue weighted by Gasteiger charge is -2.06. The number of rotatable bonds is 1. The first-order chi connectivity index (χ1) is 5.52. The molecule has 3 nitrogen and oxygen atoms in total. The van der Waals surface area contributed by atoms with Crippen LogP contribution in [0.1, 0.15) is 10.4 Å². The summed E-state index contributed by atoms with van der Waals surface area (Å²) >= 11 is 6.24. The second-order valence-corrected chi connectivity index (χ2v) is 3.85. The van der Waals surface area contributed by atoms with Crippen molar-refractivity contribution in [1.29, 1.82) is 0 Å². The molecular formula is C7H4Br2NO2-. The van der Waals surface area contributed by atoms with Crippen LogP contribution in [0, 0.1) is 0 Å². The van der Waals surface area contributed by atoms with Gasteiger partial charge >= 0.3 is 0 Å². The number of benzene rings is 1. The second kappa shape index (κ2) is 3.45. The van der Waals surface area contributed by atoms with E-state index in [1.54, 1.807) is 0 Å². The maximum Gasteiger partial charge on any atom is 0.0716 e. The minimum absolute atomic E-state index is 0.0861. The van der Waals surface area contributed by atoms with Gasteiger partial charge in [0.05, 0.1) is 11.7 Å². The Morgan fingerprint density at radius 2 is 1.75 bits per heavy atom. The van der Waals surface area contributed by atoms with E-state index >= 15 is 0 Å². The Morgan fingerprint density at radius 3 is 2.08 bits per heavy atom. The molecule has 1 rings (SSSR count). The second-order valence-electron chi connectivity index (χ2n) is 2.14. The van der Waals surface area contributed by atoms with Gasteiger partial charge in [0, 0.05) is 8.95 Å². The smallest absolute Gasteiger partial charge is 0.0716 e. The topological polar surface area (TPSA) is 66.2 Å². The molecule has 0 aliphatic heterocycles. The molecule has 1 aromatic carbocycles. The Morgan fingerprint density at radius 1 is 1.33 bits per heavy atom. The van der Waals surface area contributed by atoms with Crippen LogP contribution in [0.2, 0.25) is 0 Å². The Balaban J connectivity index is 3.31. The van der Waals surface area contributed by atoms with Gasteiger partial charge in [-0.15, -0.1) is 0 Å².